The average molecular weight is 320 g/mol. The Morgan fingerprint density at radius 2 is 1.96 bits per heavy atom. The smallest absolute Gasteiger partial charge is 0.255 e. The lowest BCUT2D eigenvalue weighted by molar-refractivity contribution is 0.0734. The van der Waals surface area contributed by atoms with Crippen molar-refractivity contribution in [2.45, 2.75) is 32.9 Å². The van der Waals surface area contributed by atoms with Crippen LogP contribution < -0.4 is 0 Å². The molecule has 0 spiro atoms. The van der Waals surface area contributed by atoms with Crippen LogP contribution in [-0.2, 0) is 13.0 Å². The van der Waals surface area contributed by atoms with Gasteiger partial charge in [-0.2, -0.15) is 5.10 Å². The van der Waals surface area contributed by atoms with Gasteiger partial charge in [0.15, 0.2) is 5.65 Å². The largest absolute Gasteiger partial charge is 0.334 e. The summed E-state index contributed by atoms with van der Waals surface area (Å²) in [6.07, 6.45) is 4.36. The average Bonchev–Trinajstić information content (AvgIpc) is 3.04. The van der Waals surface area contributed by atoms with Crippen LogP contribution in [0.5, 0.6) is 0 Å². The van der Waals surface area contributed by atoms with Gasteiger partial charge in [0.05, 0.1) is 11.8 Å². The number of pyridine rings is 1. The summed E-state index contributed by atoms with van der Waals surface area (Å²) < 4.78 is 1.88. The Labute approximate surface area is 140 Å². The standard InChI is InChI=1S/C19H20N4O/c1-13(2)23-18-16(11-21-23)9-17(10-20-18)19(24)22-8-7-14-5-3-4-6-15(14)12-22/h3-6,9-11,13H,7-8,12H2,1-2H3. The first kappa shape index (κ1) is 14.9. The molecule has 0 bridgehead atoms. The maximum atomic E-state index is 12.9. The second-order valence-corrected chi connectivity index (χ2v) is 6.57. The predicted molar refractivity (Wildman–Crippen MR) is 92.8 cm³/mol. The van der Waals surface area contributed by atoms with Crippen LogP contribution in [0.15, 0.2) is 42.7 Å². The highest BCUT2D eigenvalue weighted by molar-refractivity contribution is 5.97. The van der Waals surface area contributed by atoms with Crippen LogP contribution in [0.4, 0.5) is 0 Å². The molecule has 0 aliphatic carbocycles. The number of carbonyl (C=O) groups is 1. The second-order valence-electron chi connectivity index (χ2n) is 6.57. The van der Waals surface area contributed by atoms with E-state index < -0.39 is 0 Å². The molecule has 1 amide bonds. The van der Waals surface area contributed by atoms with Crippen LogP contribution >= 0.6 is 0 Å². The molecule has 24 heavy (non-hydrogen) atoms. The Hall–Kier alpha value is -2.69. The van der Waals surface area contributed by atoms with Gasteiger partial charge in [-0.05, 0) is 37.5 Å². The summed E-state index contributed by atoms with van der Waals surface area (Å²) in [5.74, 6) is 0.0381. The highest BCUT2D eigenvalue weighted by atomic mass is 16.2. The van der Waals surface area contributed by atoms with Gasteiger partial charge < -0.3 is 4.90 Å². The molecule has 1 aliphatic rings. The zero-order chi connectivity index (χ0) is 16.7. The Balaban J connectivity index is 1.62. The molecule has 0 fully saturated rings. The minimum Gasteiger partial charge on any atom is -0.334 e. The highest BCUT2D eigenvalue weighted by Gasteiger charge is 2.22. The summed E-state index contributed by atoms with van der Waals surface area (Å²) in [4.78, 5) is 19.2. The molecule has 4 rings (SSSR count). The summed E-state index contributed by atoms with van der Waals surface area (Å²) >= 11 is 0. The summed E-state index contributed by atoms with van der Waals surface area (Å²) in [7, 11) is 0. The third kappa shape index (κ3) is 2.46. The molecule has 1 aliphatic heterocycles. The zero-order valence-electron chi connectivity index (χ0n) is 13.9. The first-order chi connectivity index (χ1) is 11.6. The van der Waals surface area contributed by atoms with Crippen LogP contribution in [0, 0.1) is 0 Å². The number of amides is 1. The van der Waals surface area contributed by atoms with E-state index in [0.29, 0.717) is 12.1 Å². The van der Waals surface area contributed by atoms with E-state index in [9.17, 15) is 4.79 Å². The molecule has 122 valence electrons. The lowest BCUT2D eigenvalue weighted by Gasteiger charge is -2.28. The predicted octanol–water partition coefficient (Wildman–Crippen LogP) is 3.21. The molecule has 0 radical (unpaired) electrons. The topological polar surface area (TPSA) is 51.0 Å². The maximum Gasteiger partial charge on any atom is 0.255 e. The first-order valence-corrected chi connectivity index (χ1v) is 8.33. The number of hydrogen-bond acceptors (Lipinski definition) is 3. The van der Waals surface area contributed by atoms with Crippen LogP contribution in [0.3, 0.4) is 0 Å². The van der Waals surface area contributed by atoms with Crippen molar-refractivity contribution in [3.05, 3.63) is 59.4 Å². The molecule has 3 heterocycles. The van der Waals surface area contributed by atoms with Crippen molar-refractivity contribution in [3.63, 3.8) is 0 Å². The van der Waals surface area contributed by atoms with Gasteiger partial charge in [-0.25, -0.2) is 9.67 Å². The van der Waals surface area contributed by atoms with Crippen LogP contribution in [0.25, 0.3) is 11.0 Å². The van der Waals surface area contributed by atoms with Crippen molar-refractivity contribution in [3.8, 4) is 0 Å². The quantitative estimate of drug-likeness (QED) is 0.728. The lowest BCUT2D eigenvalue weighted by Crippen LogP contribution is -2.35. The number of fused-ring (bicyclic) bond motifs is 2. The molecular weight excluding hydrogens is 300 g/mol. The molecule has 1 aromatic carbocycles. The fourth-order valence-electron chi connectivity index (χ4n) is 3.29. The Morgan fingerprint density at radius 3 is 2.75 bits per heavy atom. The van der Waals surface area contributed by atoms with Crippen LogP contribution in [-0.4, -0.2) is 32.1 Å². The summed E-state index contributed by atoms with van der Waals surface area (Å²) in [5, 5.41) is 5.28. The number of carbonyl (C=O) groups excluding carboxylic acids is 1. The molecule has 2 aromatic heterocycles. The minimum absolute atomic E-state index is 0.0381. The number of benzene rings is 1. The molecule has 0 saturated heterocycles. The van der Waals surface area contributed by atoms with E-state index in [4.69, 9.17) is 0 Å². The fraction of sp³-hybridized carbons (Fsp3) is 0.316. The van der Waals surface area contributed by atoms with Crippen LogP contribution in [0.2, 0.25) is 0 Å². The van der Waals surface area contributed by atoms with Crippen molar-refractivity contribution in [2.24, 2.45) is 0 Å². The zero-order valence-corrected chi connectivity index (χ0v) is 13.9. The van der Waals surface area contributed by atoms with E-state index in [1.807, 2.05) is 21.7 Å². The number of aromatic nitrogens is 3. The molecule has 5 heteroatoms. The van der Waals surface area contributed by atoms with Crippen molar-refractivity contribution in [2.75, 3.05) is 6.54 Å². The molecule has 0 saturated carbocycles. The van der Waals surface area contributed by atoms with Crippen LogP contribution in [0.1, 0.15) is 41.4 Å². The Kier molecular flexibility index (Phi) is 3.56. The molecule has 0 unspecified atom stereocenters. The Bertz CT molecular complexity index is 913. The summed E-state index contributed by atoms with van der Waals surface area (Å²) in [6.45, 7) is 5.55. The van der Waals surface area contributed by atoms with Gasteiger partial charge in [0, 0.05) is 30.7 Å². The number of nitrogens with zero attached hydrogens (tertiary/aromatic N) is 4. The van der Waals surface area contributed by atoms with Gasteiger partial charge in [-0.3, -0.25) is 4.79 Å². The van der Waals surface area contributed by atoms with E-state index >= 15 is 0 Å². The van der Waals surface area contributed by atoms with Gasteiger partial charge in [0.2, 0.25) is 0 Å². The van der Waals surface area contributed by atoms with Crippen molar-refractivity contribution < 1.29 is 4.79 Å². The van der Waals surface area contributed by atoms with E-state index in [0.717, 1.165) is 24.0 Å². The summed E-state index contributed by atoms with van der Waals surface area (Å²) in [5.41, 5.74) is 4.03. The first-order valence-electron chi connectivity index (χ1n) is 8.33. The van der Waals surface area contributed by atoms with Gasteiger partial charge in [0.1, 0.15) is 0 Å². The van der Waals surface area contributed by atoms with E-state index in [1.54, 1.807) is 12.4 Å². The normalized spacial score (nSPS) is 14.2. The summed E-state index contributed by atoms with van der Waals surface area (Å²) in [6, 6.07) is 10.5. The lowest BCUT2D eigenvalue weighted by atomic mass is 9.99. The minimum atomic E-state index is 0.0381. The fourth-order valence-corrected chi connectivity index (χ4v) is 3.29. The third-order valence-corrected chi connectivity index (χ3v) is 4.59. The van der Waals surface area contributed by atoms with Crippen molar-refractivity contribution in [1.82, 2.24) is 19.7 Å². The van der Waals surface area contributed by atoms with E-state index in [1.165, 1.54) is 11.1 Å². The van der Waals surface area contributed by atoms with Gasteiger partial charge in [-0.15, -0.1) is 0 Å². The van der Waals surface area contributed by atoms with Gasteiger partial charge >= 0.3 is 0 Å². The van der Waals surface area contributed by atoms with Gasteiger partial charge in [-0.1, -0.05) is 24.3 Å². The van der Waals surface area contributed by atoms with Crippen molar-refractivity contribution in [1.29, 1.82) is 0 Å². The molecule has 5 nitrogen and oxygen atoms in total. The molecule has 0 atom stereocenters. The molecular formula is C19H20N4O. The highest BCUT2D eigenvalue weighted by Crippen LogP contribution is 2.22. The molecule has 0 N–H and O–H groups in total. The molecule has 3 aromatic rings. The maximum absolute atomic E-state index is 12.9. The Morgan fingerprint density at radius 1 is 1.17 bits per heavy atom. The second kappa shape index (κ2) is 5.74. The van der Waals surface area contributed by atoms with E-state index in [-0.39, 0.29) is 11.9 Å². The number of hydrogen-bond donors (Lipinski definition) is 0. The monoisotopic (exact) mass is 320 g/mol. The van der Waals surface area contributed by atoms with Crippen molar-refractivity contribution >= 4 is 16.9 Å². The van der Waals surface area contributed by atoms with Gasteiger partial charge in [0.25, 0.3) is 5.91 Å². The number of rotatable bonds is 2. The SMILES string of the molecule is CC(C)n1ncc2cc(C(=O)N3CCc4ccccc4C3)cnc21. The van der Waals surface area contributed by atoms with E-state index in [2.05, 4.69) is 42.1 Å². The third-order valence-electron chi connectivity index (χ3n) is 4.59.